The average molecular weight is 728 g/mol. The van der Waals surface area contributed by atoms with Gasteiger partial charge in [-0.25, -0.2) is 20.0 Å². The Bertz CT molecular complexity index is 1450. The lowest BCUT2D eigenvalue weighted by atomic mass is 9.74. The molecule has 290 valence electrons. The fraction of sp³-hybridized carbons (Fsp3) is 0.675. The fourth-order valence-corrected chi connectivity index (χ4v) is 8.35. The van der Waals surface area contributed by atoms with Gasteiger partial charge >= 0.3 is 12.1 Å². The number of hydrazine groups is 1. The van der Waals surface area contributed by atoms with Crippen LogP contribution in [0.5, 0.6) is 0 Å². The standard InChI is InChI=1S/C40H61N3O9/c1-12-31-40(8)34(43(38(47)52-40)41-20-16-19-29-17-14-13-15-18-29)28(6)32(44)26(4)23-39(7,48-11)35(24(2)21-25(3)36(46)50-31)51-37-33(45)30(42(9)10)22-27(5)49-37/h13-19,21,24,26-28,30-31,33-35,37,41,45H,12,20,22-23H2,1-11H3/b19-16+,25-21-/t24-,26+,27+,28-,30-,31+,33+,34+,35+,37-,39+,40+/m0/s1. The highest BCUT2D eigenvalue weighted by molar-refractivity contribution is 5.88. The van der Waals surface area contributed by atoms with Gasteiger partial charge in [-0.3, -0.25) is 4.79 Å². The van der Waals surface area contributed by atoms with Crippen LogP contribution in [0.3, 0.4) is 0 Å². The zero-order valence-electron chi connectivity index (χ0n) is 32.8. The zero-order valence-corrected chi connectivity index (χ0v) is 32.8. The van der Waals surface area contributed by atoms with Gasteiger partial charge in [-0.2, -0.15) is 0 Å². The van der Waals surface area contributed by atoms with Gasteiger partial charge in [0.15, 0.2) is 11.9 Å². The van der Waals surface area contributed by atoms with Gasteiger partial charge < -0.3 is 33.7 Å². The molecule has 0 saturated carbocycles. The summed E-state index contributed by atoms with van der Waals surface area (Å²) in [5.41, 5.74) is 2.09. The van der Waals surface area contributed by atoms with Gasteiger partial charge in [0.2, 0.25) is 0 Å². The number of amides is 1. The normalized spacial score (nSPS) is 39.1. The van der Waals surface area contributed by atoms with Crippen molar-refractivity contribution in [2.75, 3.05) is 27.7 Å². The third-order valence-electron chi connectivity index (χ3n) is 11.2. The Morgan fingerprint density at radius 2 is 1.77 bits per heavy atom. The fourth-order valence-electron chi connectivity index (χ4n) is 8.35. The van der Waals surface area contributed by atoms with Crippen LogP contribution in [0.1, 0.15) is 80.2 Å². The van der Waals surface area contributed by atoms with Crippen molar-refractivity contribution in [3.05, 3.63) is 53.6 Å². The van der Waals surface area contributed by atoms with Gasteiger partial charge in [-0.05, 0) is 66.6 Å². The second kappa shape index (κ2) is 17.3. The number of nitrogens with zero attached hydrogens (tertiary/aromatic N) is 2. The van der Waals surface area contributed by atoms with E-state index in [2.05, 4.69) is 5.43 Å². The predicted octanol–water partition coefficient (Wildman–Crippen LogP) is 5.15. The number of hydrogen-bond donors (Lipinski definition) is 2. The third-order valence-corrected chi connectivity index (χ3v) is 11.2. The van der Waals surface area contributed by atoms with Crippen LogP contribution in [0, 0.1) is 17.8 Å². The molecule has 0 bridgehead atoms. The number of esters is 1. The average Bonchev–Trinajstić information content (AvgIpc) is 3.36. The highest BCUT2D eigenvalue weighted by atomic mass is 16.7. The molecule has 12 atom stereocenters. The van der Waals surface area contributed by atoms with E-state index in [1.165, 1.54) is 5.01 Å². The van der Waals surface area contributed by atoms with E-state index >= 15 is 0 Å². The molecule has 12 heteroatoms. The van der Waals surface area contributed by atoms with Gasteiger partial charge in [0.25, 0.3) is 0 Å². The topological polar surface area (TPSA) is 136 Å². The Hall–Kier alpha value is -3.13. The summed E-state index contributed by atoms with van der Waals surface area (Å²) in [5.74, 6) is -2.44. The number of methoxy groups -OCH3 is 1. The van der Waals surface area contributed by atoms with E-state index in [0.29, 0.717) is 18.4 Å². The molecule has 3 aliphatic rings. The van der Waals surface area contributed by atoms with E-state index in [9.17, 15) is 19.5 Å². The quantitative estimate of drug-likeness (QED) is 0.327. The maximum Gasteiger partial charge on any atom is 0.425 e. The molecule has 2 N–H and O–H groups in total. The number of likely N-dealkylation sites (N-methyl/N-ethyl adjacent to an activating group) is 1. The van der Waals surface area contributed by atoms with Gasteiger partial charge in [0, 0.05) is 43.0 Å². The van der Waals surface area contributed by atoms with Crippen molar-refractivity contribution in [1.29, 1.82) is 0 Å². The van der Waals surface area contributed by atoms with Crippen LogP contribution < -0.4 is 5.43 Å². The largest absolute Gasteiger partial charge is 0.455 e. The number of carbonyl (C=O) groups is 3. The summed E-state index contributed by atoms with van der Waals surface area (Å²) in [6, 6.07) is 8.76. The number of ketones is 1. The van der Waals surface area contributed by atoms with Crippen LogP contribution in [-0.2, 0) is 33.3 Å². The summed E-state index contributed by atoms with van der Waals surface area (Å²) in [7, 11) is 5.39. The first kappa shape index (κ1) is 41.6. The number of fused-ring (bicyclic) bond motifs is 1. The molecule has 2 fully saturated rings. The van der Waals surface area contributed by atoms with Crippen molar-refractivity contribution >= 4 is 23.9 Å². The van der Waals surface area contributed by atoms with Crippen LogP contribution in [-0.4, -0.2) is 115 Å². The number of nitrogens with one attached hydrogen (secondary N) is 1. The molecule has 4 rings (SSSR count). The molecule has 2 saturated heterocycles. The summed E-state index contributed by atoms with van der Waals surface area (Å²) in [5, 5.41) is 12.8. The number of hydrogen-bond acceptors (Lipinski definition) is 11. The highest BCUT2D eigenvalue weighted by Crippen LogP contribution is 2.42. The highest BCUT2D eigenvalue weighted by Gasteiger charge is 2.60. The molecule has 0 spiro atoms. The van der Waals surface area contributed by atoms with E-state index < -0.39 is 71.7 Å². The number of ether oxygens (including phenoxy) is 5. The van der Waals surface area contributed by atoms with Crippen molar-refractivity contribution in [3.63, 3.8) is 0 Å². The van der Waals surface area contributed by atoms with Gasteiger partial charge in [-0.1, -0.05) is 76.3 Å². The SMILES string of the molecule is CC[C@H]1OC(=O)/C(C)=C\[C@H](C)[C@@H](O[C@@H]2O[C@H](C)C[C@H](N(C)C)[C@H]2O)[C@](C)(OC)C[C@@H](C)C(=O)[C@H](C)[C@H]2N(NC/C=C/c3ccccc3)C(=O)O[C@]12C. The van der Waals surface area contributed by atoms with E-state index in [1.807, 2.05) is 96.1 Å². The lowest BCUT2D eigenvalue weighted by Crippen LogP contribution is -2.60. The summed E-state index contributed by atoms with van der Waals surface area (Å²) in [6.07, 6.45) is 2.43. The Morgan fingerprint density at radius 3 is 2.38 bits per heavy atom. The summed E-state index contributed by atoms with van der Waals surface area (Å²) >= 11 is 0. The monoisotopic (exact) mass is 727 g/mol. The molecule has 3 aliphatic heterocycles. The second-order valence-electron chi connectivity index (χ2n) is 15.5. The summed E-state index contributed by atoms with van der Waals surface area (Å²) < 4.78 is 31.3. The first-order valence-corrected chi connectivity index (χ1v) is 18.6. The minimum Gasteiger partial charge on any atom is -0.455 e. The van der Waals surface area contributed by atoms with Crippen LogP contribution in [0.2, 0.25) is 0 Å². The summed E-state index contributed by atoms with van der Waals surface area (Å²) in [6.45, 7) is 14.9. The van der Waals surface area contributed by atoms with Gasteiger partial charge in [0.05, 0.1) is 17.8 Å². The number of aliphatic hydroxyl groups excluding tert-OH is 1. The molecule has 3 heterocycles. The van der Waals surface area contributed by atoms with E-state index in [-0.39, 0.29) is 30.9 Å². The van der Waals surface area contributed by atoms with Crippen molar-refractivity contribution in [1.82, 2.24) is 15.3 Å². The van der Waals surface area contributed by atoms with Crippen LogP contribution in [0.4, 0.5) is 4.79 Å². The first-order chi connectivity index (χ1) is 24.5. The molecule has 0 aliphatic carbocycles. The molecular weight excluding hydrogens is 666 g/mol. The minimum atomic E-state index is -1.35. The molecule has 52 heavy (non-hydrogen) atoms. The smallest absolute Gasteiger partial charge is 0.425 e. The second-order valence-corrected chi connectivity index (χ2v) is 15.5. The molecule has 12 nitrogen and oxygen atoms in total. The van der Waals surface area contributed by atoms with E-state index in [4.69, 9.17) is 23.7 Å². The van der Waals surface area contributed by atoms with Crippen molar-refractivity contribution in [2.24, 2.45) is 17.8 Å². The van der Waals surface area contributed by atoms with Crippen LogP contribution in [0.15, 0.2) is 48.1 Å². The first-order valence-electron chi connectivity index (χ1n) is 18.6. The third kappa shape index (κ3) is 8.97. The van der Waals surface area contributed by atoms with Crippen molar-refractivity contribution < 1.29 is 43.2 Å². The molecular formula is C40H61N3O9. The van der Waals surface area contributed by atoms with E-state index in [1.54, 1.807) is 34.0 Å². The molecule has 0 unspecified atom stereocenters. The Balaban J connectivity index is 1.73. The maximum atomic E-state index is 14.6. The number of cyclic esters (lactones) is 1. The lowest BCUT2D eigenvalue weighted by Gasteiger charge is -2.46. The summed E-state index contributed by atoms with van der Waals surface area (Å²) in [4.78, 5) is 43.9. The number of carbonyl (C=O) groups excluding carboxylic acids is 3. The Morgan fingerprint density at radius 1 is 1.10 bits per heavy atom. The lowest BCUT2D eigenvalue weighted by molar-refractivity contribution is -0.294. The van der Waals surface area contributed by atoms with Gasteiger partial charge in [-0.15, -0.1) is 0 Å². The zero-order chi connectivity index (χ0) is 38.5. The molecule has 0 radical (unpaired) electrons. The Kier molecular flexibility index (Phi) is 13.9. The minimum absolute atomic E-state index is 0.115. The predicted molar refractivity (Wildman–Crippen MR) is 198 cm³/mol. The molecule has 1 aromatic rings. The number of aliphatic hydroxyl groups is 1. The molecule has 1 amide bonds. The van der Waals surface area contributed by atoms with Crippen LogP contribution >= 0.6 is 0 Å². The van der Waals surface area contributed by atoms with E-state index in [0.717, 1.165) is 5.56 Å². The van der Waals surface area contributed by atoms with Gasteiger partial charge in [0.1, 0.15) is 24.0 Å². The number of rotatable bonds is 9. The van der Waals surface area contributed by atoms with Crippen LogP contribution in [0.25, 0.3) is 6.08 Å². The maximum absolute atomic E-state index is 14.6. The molecule has 1 aromatic carbocycles. The van der Waals surface area contributed by atoms with Crippen molar-refractivity contribution in [2.45, 2.75) is 129 Å². The number of benzene rings is 1. The molecule has 0 aromatic heterocycles. The van der Waals surface area contributed by atoms with Crippen molar-refractivity contribution in [3.8, 4) is 0 Å². The number of Topliss-reactive ketones (excluding diaryl/α,β-unsaturated/α-hetero) is 1. The Labute approximate surface area is 309 Å².